The van der Waals surface area contributed by atoms with E-state index in [9.17, 15) is 5.11 Å². The van der Waals surface area contributed by atoms with E-state index in [1.165, 1.54) is 12.4 Å². The fourth-order valence-corrected chi connectivity index (χ4v) is 0.417. The van der Waals surface area contributed by atoms with Crippen molar-refractivity contribution >= 4 is 14.1 Å². The predicted molar refractivity (Wildman–Crippen MR) is 47.7 cm³/mol. The number of hydrogen-bond donors (Lipinski definition) is 2. The molecule has 0 fully saturated rings. The summed E-state index contributed by atoms with van der Waals surface area (Å²) in [4.78, 5) is 3.87. The van der Waals surface area contributed by atoms with Crippen molar-refractivity contribution in [2.45, 2.75) is 19.4 Å². The lowest BCUT2D eigenvalue weighted by Crippen LogP contribution is -2.22. The third-order valence-electron chi connectivity index (χ3n) is 0.911. The Morgan fingerprint density at radius 3 is 2.64 bits per heavy atom. The number of hydrogen-bond acceptors (Lipinski definition) is 3. The SMILES string of the molecule is [B]C(C=NCC(C)(C)O)=CN. The molecule has 0 amide bonds. The van der Waals surface area contributed by atoms with E-state index in [1.54, 1.807) is 13.8 Å². The molecule has 0 aromatic rings. The number of aliphatic hydroxyl groups is 1. The fourth-order valence-electron chi connectivity index (χ4n) is 0.417. The minimum Gasteiger partial charge on any atom is -0.405 e. The van der Waals surface area contributed by atoms with Crippen LogP contribution in [0.25, 0.3) is 0 Å². The Morgan fingerprint density at radius 2 is 2.27 bits per heavy atom. The van der Waals surface area contributed by atoms with Gasteiger partial charge in [-0.2, -0.15) is 0 Å². The summed E-state index contributed by atoms with van der Waals surface area (Å²) < 4.78 is 0. The van der Waals surface area contributed by atoms with Crippen molar-refractivity contribution in [1.82, 2.24) is 0 Å². The van der Waals surface area contributed by atoms with E-state index >= 15 is 0 Å². The monoisotopic (exact) mass is 152 g/mol. The van der Waals surface area contributed by atoms with Crippen molar-refractivity contribution in [3.05, 3.63) is 11.7 Å². The molecule has 0 aromatic heterocycles. The van der Waals surface area contributed by atoms with Gasteiger partial charge in [-0.3, -0.25) is 4.99 Å². The molecule has 0 aliphatic heterocycles. The second kappa shape index (κ2) is 4.18. The average Bonchev–Trinajstić information content (AvgIpc) is 1.85. The van der Waals surface area contributed by atoms with E-state index in [-0.39, 0.29) is 0 Å². The Labute approximate surface area is 68.4 Å². The van der Waals surface area contributed by atoms with Gasteiger partial charge in [-0.1, -0.05) is 5.47 Å². The van der Waals surface area contributed by atoms with E-state index in [0.717, 1.165) is 0 Å². The highest BCUT2D eigenvalue weighted by molar-refractivity contribution is 6.32. The number of rotatable bonds is 3. The van der Waals surface area contributed by atoms with Gasteiger partial charge in [-0.05, 0) is 20.0 Å². The van der Waals surface area contributed by atoms with Crippen LogP contribution in [-0.2, 0) is 0 Å². The third-order valence-corrected chi connectivity index (χ3v) is 0.911. The molecule has 0 saturated heterocycles. The first-order valence-corrected chi connectivity index (χ1v) is 3.35. The zero-order valence-electron chi connectivity index (χ0n) is 6.91. The first-order chi connectivity index (χ1) is 4.95. The van der Waals surface area contributed by atoms with Gasteiger partial charge in [-0.25, -0.2) is 0 Å². The first kappa shape index (κ1) is 10.2. The van der Waals surface area contributed by atoms with Crippen LogP contribution in [0, 0.1) is 0 Å². The quantitative estimate of drug-likeness (QED) is 0.434. The van der Waals surface area contributed by atoms with Crippen LogP contribution in [0.3, 0.4) is 0 Å². The molecule has 2 radical (unpaired) electrons. The highest BCUT2D eigenvalue weighted by Gasteiger charge is 2.09. The van der Waals surface area contributed by atoms with Crippen molar-refractivity contribution in [3.63, 3.8) is 0 Å². The predicted octanol–water partition coefficient (Wildman–Crippen LogP) is -0.203. The Hall–Kier alpha value is -0.765. The van der Waals surface area contributed by atoms with Crippen molar-refractivity contribution in [3.8, 4) is 0 Å². The standard InChI is InChI=1S/C7H13BN2O/c1-7(2,11)5-10-4-6(8)3-9/h3-4,11H,5,9H2,1-2H3. The van der Waals surface area contributed by atoms with E-state index in [1.807, 2.05) is 0 Å². The fraction of sp³-hybridized carbons (Fsp3) is 0.571. The summed E-state index contributed by atoms with van der Waals surface area (Å²) in [6, 6.07) is 0. The summed E-state index contributed by atoms with van der Waals surface area (Å²) in [6.07, 6.45) is 2.69. The number of nitrogens with zero attached hydrogens (tertiary/aromatic N) is 1. The molecule has 4 heteroatoms. The van der Waals surface area contributed by atoms with Crippen LogP contribution in [0.2, 0.25) is 0 Å². The van der Waals surface area contributed by atoms with E-state index in [4.69, 9.17) is 13.6 Å². The average molecular weight is 152 g/mol. The van der Waals surface area contributed by atoms with Gasteiger partial charge < -0.3 is 10.8 Å². The Morgan fingerprint density at radius 1 is 1.73 bits per heavy atom. The molecule has 0 rings (SSSR count). The Balaban J connectivity index is 3.79. The number of allylic oxidation sites excluding steroid dienone is 1. The maximum atomic E-state index is 9.20. The molecule has 0 aliphatic carbocycles. The van der Waals surface area contributed by atoms with Crippen molar-refractivity contribution in [2.24, 2.45) is 10.7 Å². The molecule has 0 spiro atoms. The maximum Gasteiger partial charge on any atom is 0.117 e. The largest absolute Gasteiger partial charge is 0.405 e. The molecule has 0 unspecified atom stereocenters. The van der Waals surface area contributed by atoms with E-state index < -0.39 is 5.60 Å². The highest BCUT2D eigenvalue weighted by atomic mass is 16.3. The van der Waals surface area contributed by atoms with Gasteiger partial charge in [0.1, 0.15) is 7.85 Å². The second-order valence-electron chi connectivity index (χ2n) is 2.95. The summed E-state index contributed by atoms with van der Waals surface area (Å²) in [5.74, 6) is 0. The van der Waals surface area contributed by atoms with Crippen molar-refractivity contribution < 1.29 is 5.11 Å². The highest BCUT2D eigenvalue weighted by Crippen LogP contribution is 1.99. The normalized spacial score (nSPS) is 14.3. The third kappa shape index (κ3) is 7.13. The van der Waals surface area contributed by atoms with Crippen LogP contribution in [0.1, 0.15) is 13.8 Å². The zero-order chi connectivity index (χ0) is 8.91. The summed E-state index contributed by atoms with van der Waals surface area (Å²) in [5, 5.41) is 9.20. The van der Waals surface area contributed by atoms with Crippen LogP contribution in [0.5, 0.6) is 0 Å². The molecule has 0 atom stereocenters. The van der Waals surface area contributed by atoms with Crippen LogP contribution in [0.15, 0.2) is 16.7 Å². The second-order valence-corrected chi connectivity index (χ2v) is 2.95. The smallest absolute Gasteiger partial charge is 0.117 e. The molecule has 3 N–H and O–H groups in total. The maximum absolute atomic E-state index is 9.20. The summed E-state index contributed by atoms with van der Waals surface area (Å²) >= 11 is 0. The molecule has 0 aliphatic rings. The first-order valence-electron chi connectivity index (χ1n) is 3.35. The van der Waals surface area contributed by atoms with E-state index in [0.29, 0.717) is 12.0 Å². The zero-order valence-corrected chi connectivity index (χ0v) is 6.91. The van der Waals surface area contributed by atoms with Gasteiger partial charge in [0.05, 0.1) is 12.1 Å². The lowest BCUT2D eigenvalue weighted by atomic mass is 9.98. The van der Waals surface area contributed by atoms with Gasteiger partial charge in [0.25, 0.3) is 0 Å². The molecular weight excluding hydrogens is 139 g/mol. The lowest BCUT2D eigenvalue weighted by Gasteiger charge is -2.12. The molecule has 0 saturated carbocycles. The van der Waals surface area contributed by atoms with Crippen LogP contribution in [0.4, 0.5) is 0 Å². The Kier molecular flexibility index (Phi) is 3.89. The van der Waals surface area contributed by atoms with Crippen LogP contribution >= 0.6 is 0 Å². The molecular formula is C7H13BN2O. The number of aliphatic imine (C=N–C) groups is 1. The topological polar surface area (TPSA) is 58.6 Å². The van der Waals surface area contributed by atoms with Gasteiger partial charge >= 0.3 is 0 Å². The van der Waals surface area contributed by atoms with E-state index in [2.05, 4.69) is 4.99 Å². The molecule has 0 bridgehead atoms. The van der Waals surface area contributed by atoms with Gasteiger partial charge in [0, 0.05) is 6.21 Å². The summed E-state index contributed by atoms with van der Waals surface area (Å²) in [6.45, 7) is 3.67. The minimum atomic E-state index is -0.786. The number of nitrogens with two attached hydrogens (primary N) is 1. The molecule has 11 heavy (non-hydrogen) atoms. The van der Waals surface area contributed by atoms with Crippen molar-refractivity contribution in [2.75, 3.05) is 6.54 Å². The minimum absolute atomic E-state index is 0.321. The van der Waals surface area contributed by atoms with Gasteiger partial charge in [-0.15, -0.1) is 0 Å². The Bertz CT molecular complexity index is 170. The molecule has 60 valence electrons. The molecule has 3 nitrogen and oxygen atoms in total. The van der Waals surface area contributed by atoms with Crippen LogP contribution in [-0.4, -0.2) is 31.3 Å². The molecule has 0 aromatic carbocycles. The van der Waals surface area contributed by atoms with Crippen molar-refractivity contribution in [1.29, 1.82) is 0 Å². The summed E-state index contributed by atoms with van der Waals surface area (Å²) in [5.41, 5.74) is 4.69. The van der Waals surface area contributed by atoms with Gasteiger partial charge in [0.15, 0.2) is 0 Å². The molecule has 0 heterocycles. The van der Waals surface area contributed by atoms with Gasteiger partial charge in [0.2, 0.25) is 0 Å². The van der Waals surface area contributed by atoms with Crippen LogP contribution < -0.4 is 5.73 Å². The summed E-state index contributed by atoms with van der Waals surface area (Å²) in [7, 11) is 5.31. The lowest BCUT2D eigenvalue weighted by molar-refractivity contribution is 0.0906.